The minimum atomic E-state index is 0.236. The zero-order valence-corrected chi connectivity index (χ0v) is 8.60. The second kappa shape index (κ2) is 5.23. The van der Waals surface area contributed by atoms with E-state index in [1.54, 1.807) is 10.7 Å². The highest BCUT2D eigenvalue weighted by Crippen LogP contribution is 2.30. The molecule has 4 nitrogen and oxygen atoms in total. The molecular weight excluding hydrogens is 192 g/mol. The summed E-state index contributed by atoms with van der Waals surface area (Å²) in [6.45, 7) is 0.840. The van der Waals surface area contributed by atoms with Crippen molar-refractivity contribution < 1.29 is 10.1 Å². The Kier molecular flexibility index (Phi) is 3.69. The van der Waals surface area contributed by atoms with Gasteiger partial charge in [-0.3, -0.25) is 5.21 Å². The zero-order chi connectivity index (χ0) is 10.5. The van der Waals surface area contributed by atoms with Crippen LogP contribution in [0.2, 0.25) is 0 Å². The van der Waals surface area contributed by atoms with E-state index in [-0.39, 0.29) is 6.04 Å². The van der Waals surface area contributed by atoms with Crippen molar-refractivity contribution in [2.75, 3.05) is 6.54 Å². The molecule has 1 saturated heterocycles. The van der Waals surface area contributed by atoms with Crippen molar-refractivity contribution in [1.29, 1.82) is 0 Å². The van der Waals surface area contributed by atoms with E-state index < -0.39 is 0 Å². The van der Waals surface area contributed by atoms with Crippen LogP contribution in [0.25, 0.3) is 0 Å². The molecule has 1 aliphatic heterocycles. The standard InChI is InChI=1S/C11H16N2O2/c14-12-15-13-9-5-4-8-11(13)10-6-2-1-3-7-10/h1-3,6-7,11-12,14H,4-5,8-9H2. The first-order chi connectivity index (χ1) is 7.42. The molecular formula is C11H16N2O2. The van der Waals surface area contributed by atoms with E-state index in [1.165, 1.54) is 12.0 Å². The highest BCUT2D eigenvalue weighted by atomic mass is 16.9. The highest BCUT2D eigenvalue weighted by Gasteiger charge is 2.24. The third-order valence-corrected chi connectivity index (χ3v) is 2.80. The molecule has 15 heavy (non-hydrogen) atoms. The van der Waals surface area contributed by atoms with Gasteiger partial charge in [0.1, 0.15) is 0 Å². The van der Waals surface area contributed by atoms with Crippen molar-refractivity contribution in [2.24, 2.45) is 0 Å². The van der Waals surface area contributed by atoms with Crippen LogP contribution in [0.15, 0.2) is 30.3 Å². The van der Waals surface area contributed by atoms with Gasteiger partial charge in [-0.25, -0.2) is 0 Å². The van der Waals surface area contributed by atoms with Crippen LogP contribution < -0.4 is 5.64 Å². The molecule has 1 aromatic carbocycles. The van der Waals surface area contributed by atoms with E-state index in [9.17, 15) is 0 Å². The van der Waals surface area contributed by atoms with Gasteiger partial charge < -0.3 is 0 Å². The van der Waals surface area contributed by atoms with Gasteiger partial charge in [0.25, 0.3) is 0 Å². The van der Waals surface area contributed by atoms with E-state index >= 15 is 0 Å². The molecule has 0 spiro atoms. The summed E-state index contributed by atoms with van der Waals surface area (Å²) in [7, 11) is 0. The summed E-state index contributed by atoms with van der Waals surface area (Å²) < 4.78 is 0. The summed E-state index contributed by atoms with van der Waals surface area (Å²) in [4.78, 5) is 4.99. The zero-order valence-electron chi connectivity index (χ0n) is 8.60. The Morgan fingerprint density at radius 2 is 2.07 bits per heavy atom. The fourth-order valence-corrected chi connectivity index (χ4v) is 2.07. The van der Waals surface area contributed by atoms with E-state index in [0.717, 1.165) is 19.4 Å². The molecule has 1 aliphatic rings. The van der Waals surface area contributed by atoms with Gasteiger partial charge in [-0.1, -0.05) is 42.4 Å². The quantitative estimate of drug-likeness (QED) is 0.746. The maximum Gasteiger partial charge on any atom is 0.0622 e. The van der Waals surface area contributed by atoms with Gasteiger partial charge in [0, 0.05) is 6.54 Å². The molecule has 0 aromatic heterocycles. The fraction of sp³-hybridized carbons (Fsp3) is 0.455. The number of piperidine rings is 1. The summed E-state index contributed by atoms with van der Waals surface area (Å²) in [6, 6.07) is 10.5. The number of rotatable bonds is 3. The minimum absolute atomic E-state index is 0.236. The molecule has 1 atom stereocenters. The SMILES string of the molecule is ONON1CCCCC1c1ccccc1. The molecule has 1 aromatic rings. The normalized spacial score (nSPS) is 22.9. The highest BCUT2D eigenvalue weighted by molar-refractivity contribution is 5.18. The van der Waals surface area contributed by atoms with E-state index in [1.807, 2.05) is 18.2 Å². The molecule has 1 unspecified atom stereocenters. The molecule has 1 heterocycles. The Hall–Kier alpha value is -0.940. The number of benzene rings is 1. The van der Waals surface area contributed by atoms with Gasteiger partial charge in [-0.2, -0.15) is 10.0 Å². The molecule has 0 amide bonds. The Labute approximate surface area is 89.3 Å². The van der Waals surface area contributed by atoms with Crippen LogP contribution in [0.1, 0.15) is 30.9 Å². The lowest BCUT2D eigenvalue weighted by Crippen LogP contribution is -2.37. The first-order valence-corrected chi connectivity index (χ1v) is 5.29. The van der Waals surface area contributed by atoms with Crippen LogP contribution in [-0.2, 0) is 4.94 Å². The number of nitrogens with zero attached hydrogens (tertiary/aromatic N) is 1. The van der Waals surface area contributed by atoms with Crippen LogP contribution in [0, 0.1) is 0 Å². The van der Waals surface area contributed by atoms with E-state index in [0.29, 0.717) is 0 Å². The number of nitrogens with one attached hydrogen (secondary N) is 1. The van der Waals surface area contributed by atoms with Crippen LogP contribution in [0.3, 0.4) is 0 Å². The Bertz CT molecular complexity index is 290. The Morgan fingerprint density at radius 3 is 2.80 bits per heavy atom. The largest absolute Gasteiger partial charge is 0.291 e. The maximum atomic E-state index is 8.57. The lowest BCUT2D eigenvalue weighted by Gasteiger charge is -2.33. The van der Waals surface area contributed by atoms with Gasteiger partial charge in [0.2, 0.25) is 0 Å². The summed E-state index contributed by atoms with van der Waals surface area (Å²) in [5.74, 6) is 0. The van der Waals surface area contributed by atoms with Crippen molar-refractivity contribution in [3.05, 3.63) is 35.9 Å². The Balaban J connectivity index is 2.11. The van der Waals surface area contributed by atoms with Gasteiger partial charge >= 0.3 is 0 Å². The van der Waals surface area contributed by atoms with Crippen molar-refractivity contribution >= 4 is 0 Å². The van der Waals surface area contributed by atoms with Crippen molar-refractivity contribution in [1.82, 2.24) is 10.7 Å². The van der Waals surface area contributed by atoms with Gasteiger partial charge in [-0.05, 0) is 18.4 Å². The molecule has 0 bridgehead atoms. The van der Waals surface area contributed by atoms with Gasteiger partial charge in [0.05, 0.1) is 6.04 Å². The summed E-state index contributed by atoms with van der Waals surface area (Å²) in [5.41, 5.74) is 2.99. The average molecular weight is 208 g/mol. The Morgan fingerprint density at radius 1 is 1.27 bits per heavy atom. The summed E-state index contributed by atoms with van der Waals surface area (Å²) in [5, 5.41) is 10.4. The maximum absolute atomic E-state index is 8.57. The van der Waals surface area contributed by atoms with Crippen LogP contribution >= 0.6 is 0 Å². The summed E-state index contributed by atoms with van der Waals surface area (Å²) >= 11 is 0. The molecule has 0 radical (unpaired) electrons. The predicted molar refractivity (Wildman–Crippen MR) is 55.7 cm³/mol. The van der Waals surface area contributed by atoms with Gasteiger partial charge in [0.15, 0.2) is 0 Å². The first kappa shape index (κ1) is 10.6. The molecule has 82 valence electrons. The molecule has 0 saturated carbocycles. The molecule has 1 fully saturated rings. The first-order valence-electron chi connectivity index (χ1n) is 5.29. The molecule has 2 N–H and O–H groups in total. The third-order valence-electron chi connectivity index (χ3n) is 2.80. The second-order valence-electron chi connectivity index (χ2n) is 3.75. The number of hydrogen-bond acceptors (Lipinski definition) is 4. The van der Waals surface area contributed by atoms with Crippen LogP contribution in [0.4, 0.5) is 0 Å². The van der Waals surface area contributed by atoms with Crippen molar-refractivity contribution in [3.8, 4) is 0 Å². The summed E-state index contributed by atoms with van der Waals surface area (Å²) in [6.07, 6.45) is 3.36. The van der Waals surface area contributed by atoms with Crippen LogP contribution in [-0.4, -0.2) is 16.8 Å². The van der Waals surface area contributed by atoms with Crippen LogP contribution in [0.5, 0.6) is 0 Å². The predicted octanol–water partition coefficient (Wildman–Crippen LogP) is 2.04. The van der Waals surface area contributed by atoms with Crippen molar-refractivity contribution in [2.45, 2.75) is 25.3 Å². The average Bonchev–Trinajstić information content (AvgIpc) is 2.31. The van der Waals surface area contributed by atoms with Gasteiger partial charge in [-0.15, -0.1) is 0 Å². The molecule has 0 aliphatic carbocycles. The number of hydroxylamine groups is 2. The topological polar surface area (TPSA) is 44.7 Å². The van der Waals surface area contributed by atoms with E-state index in [4.69, 9.17) is 10.1 Å². The lowest BCUT2D eigenvalue weighted by molar-refractivity contribution is -0.310. The number of hydrogen-bond donors (Lipinski definition) is 2. The molecule has 4 heteroatoms. The third kappa shape index (κ3) is 2.54. The van der Waals surface area contributed by atoms with Crippen molar-refractivity contribution in [3.63, 3.8) is 0 Å². The second-order valence-corrected chi connectivity index (χ2v) is 3.75. The fourth-order valence-electron chi connectivity index (χ4n) is 2.07. The smallest absolute Gasteiger partial charge is 0.0622 e. The monoisotopic (exact) mass is 208 g/mol. The lowest BCUT2D eigenvalue weighted by atomic mass is 9.97. The van der Waals surface area contributed by atoms with E-state index in [2.05, 4.69) is 12.1 Å². The molecule has 2 rings (SSSR count). The minimum Gasteiger partial charge on any atom is -0.291 e.